The Morgan fingerprint density at radius 1 is 1.11 bits per heavy atom. The summed E-state index contributed by atoms with van der Waals surface area (Å²) in [4.78, 5) is 11.8. The molecule has 0 spiro atoms. The van der Waals surface area contributed by atoms with E-state index in [2.05, 4.69) is 14.9 Å². The molecule has 0 bridgehead atoms. The van der Waals surface area contributed by atoms with Crippen LogP contribution < -0.4 is 9.03 Å². The van der Waals surface area contributed by atoms with Crippen LogP contribution in [0.15, 0.2) is 53.6 Å². The van der Waals surface area contributed by atoms with Gasteiger partial charge in [-0.3, -0.25) is 14.6 Å². The Balaban J connectivity index is 1.61. The molecule has 11 heteroatoms. The van der Waals surface area contributed by atoms with Crippen LogP contribution >= 0.6 is 0 Å². The highest BCUT2D eigenvalue weighted by atomic mass is 32.2. The molecule has 1 amide bonds. The quantitative estimate of drug-likeness (QED) is 0.674. The maximum atomic E-state index is 12.6. The number of anilines is 2. The maximum Gasteiger partial charge on any atom is 0.261 e. The van der Waals surface area contributed by atoms with Crippen molar-refractivity contribution in [1.82, 2.24) is 10.2 Å². The van der Waals surface area contributed by atoms with E-state index < -0.39 is 26.0 Å². The van der Waals surface area contributed by atoms with Gasteiger partial charge in [-0.1, -0.05) is 0 Å². The van der Waals surface area contributed by atoms with Crippen LogP contribution in [0.3, 0.4) is 0 Å². The Labute approximate surface area is 155 Å². The minimum absolute atomic E-state index is 0.0556. The summed E-state index contributed by atoms with van der Waals surface area (Å²) >= 11 is 0. The molecule has 0 atom stereocenters. The van der Waals surface area contributed by atoms with Crippen molar-refractivity contribution in [3.05, 3.63) is 48.7 Å². The molecule has 140 valence electrons. The molecule has 0 aliphatic carbocycles. The Hall–Kier alpha value is -2.92. The molecule has 1 aliphatic heterocycles. The Bertz CT molecular complexity index is 1250. The number of benzene rings is 2. The smallest absolute Gasteiger partial charge is 0.261 e. The summed E-state index contributed by atoms with van der Waals surface area (Å²) in [5.74, 6) is -0.777. The molecule has 1 aromatic heterocycles. The predicted molar refractivity (Wildman–Crippen MR) is 99.2 cm³/mol. The van der Waals surface area contributed by atoms with E-state index in [1.165, 1.54) is 24.3 Å². The monoisotopic (exact) mass is 406 g/mol. The van der Waals surface area contributed by atoms with Gasteiger partial charge in [-0.25, -0.2) is 21.1 Å². The van der Waals surface area contributed by atoms with Crippen LogP contribution in [0.2, 0.25) is 0 Å². The number of nitrogens with zero attached hydrogens (tertiary/aromatic N) is 2. The summed E-state index contributed by atoms with van der Waals surface area (Å²) in [7, 11) is -7.58. The fraction of sp³-hybridized carbons (Fsp3) is 0.125. The molecule has 4 rings (SSSR count). The van der Waals surface area contributed by atoms with E-state index in [4.69, 9.17) is 0 Å². The lowest BCUT2D eigenvalue weighted by atomic mass is 10.2. The molecule has 9 nitrogen and oxygen atoms in total. The van der Waals surface area contributed by atoms with Gasteiger partial charge in [-0.2, -0.15) is 5.10 Å². The first-order valence-electron chi connectivity index (χ1n) is 7.88. The summed E-state index contributed by atoms with van der Waals surface area (Å²) in [6, 6.07) is 10.1. The fourth-order valence-corrected chi connectivity index (χ4v) is 5.35. The van der Waals surface area contributed by atoms with Crippen molar-refractivity contribution < 1.29 is 21.6 Å². The zero-order valence-corrected chi connectivity index (χ0v) is 15.4. The number of amides is 1. The molecular formula is C16H14N4O5S2. The molecule has 0 radical (unpaired) electrons. The zero-order chi connectivity index (χ0) is 19.2. The first-order valence-corrected chi connectivity index (χ1v) is 11.0. The van der Waals surface area contributed by atoms with Gasteiger partial charge < -0.3 is 0 Å². The van der Waals surface area contributed by atoms with Gasteiger partial charge >= 0.3 is 0 Å². The largest absolute Gasteiger partial charge is 0.280 e. The second-order valence-electron chi connectivity index (χ2n) is 6.00. The van der Waals surface area contributed by atoms with E-state index >= 15 is 0 Å². The predicted octanol–water partition coefficient (Wildman–Crippen LogP) is 1.43. The lowest BCUT2D eigenvalue weighted by molar-refractivity contribution is -0.116. The van der Waals surface area contributed by atoms with Crippen molar-refractivity contribution >= 4 is 48.2 Å². The summed E-state index contributed by atoms with van der Waals surface area (Å²) in [6.45, 7) is 0. The third kappa shape index (κ3) is 3.15. The average Bonchev–Trinajstić information content (AvgIpc) is 3.18. The minimum atomic E-state index is -3.88. The molecule has 2 N–H and O–H groups in total. The number of hydrogen-bond acceptors (Lipinski definition) is 6. The molecule has 3 aromatic rings. The first-order chi connectivity index (χ1) is 12.8. The third-order valence-electron chi connectivity index (χ3n) is 4.15. The van der Waals surface area contributed by atoms with Crippen LogP contribution in [0.1, 0.15) is 6.42 Å². The number of sulfonamides is 2. The van der Waals surface area contributed by atoms with Gasteiger partial charge in [-0.05, 0) is 42.5 Å². The van der Waals surface area contributed by atoms with Crippen molar-refractivity contribution in [2.45, 2.75) is 11.3 Å². The Morgan fingerprint density at radius 2 is 1.85 bits per heavy atom. The van der Waals surface area contributed by atoms with E-state index in [1.807, 2.05) is 0 Å². The van der Waals surface area contributed by atoms with Crippen molar-refractivity contribution in [2.75, 3.05) is 14.8 Å². The van der Waals surface area contributed by atoms with Crippen molar-refractivity contribution in [1.29, 1.82) is 0 Å². The Morgan fingerprint density at radius 3 is 2.52 bits per heavy atom. The van der Waals surface area contributed by atoms with Gasteiger partial charge in [0.15, 0.2) is 0 Å². The van der Waals surface area contributed by atoms with Crippen LogP contribution in [0, 0.1) is 0 Å². The average molecular weight is 406 g/mol. The summed E-state index contributed by atoms with van der Waals surface area (Å²) in [6.07, 6.45) is 1.54. The number of aromatic amines is 1. The van der Waals surface area contributed by atoms with Crippen molar-refractivity contribution in [3.63, 3.8) is 0 Å². The first kappa shape index (κ1) is 17.5. The molecule has 0 saturated carbocycles. The third-order valence-corrected chi connectivity index (χ3v) is 7.24. The van der Waals surface area contributed by atoms with E-state index in [0.717, 1.165) is 5.39 Å². The number of H-pyrrole nitrogens is 1. The van der Waals surface area contributed by atoms with Crippen LogP contribution in [0.4, 0.5) is 11.4 Å². The molecule has 0 unspecified atom stereocenters. The van der Waals surface area contributed by atoms with Gasteiger partial charge in [0, 0.05) is 11.8 Å². The number of rotatable bonds is 4. The summed E-state index contributed by atoms with van der Waals surface area (Å²) < 4.78 is 52.2. The number of hydrogen-bond donors (Lipinski definition) is 2. The van der Waals surface area contributed by atoms with Crippen LogP contribution in [0.5, 0.6) is 0 Å². The van der Waals surface area contributed by atoms with Crippen LogP contribution in [-0.2, 0) is 24.8 Å². The van der Waals surface area contributed by atoms with E-state index in [1.54, 1.807) is 24.4 Å². The normalized spacial score (nSPS) is 16.7. The molecule has 1 saturated heterocycles. The standard InChI is InChI=1S/C16H14N4O5S2/c21-16-7-8-26(22,23)20(16)13-3-5-14(6-4-13)27(24,25)19-12-2-1-11-10-17-18-15(11)9-12/h1-6,9-10,19H,7-8H2,(H,17,18). The van der Waals surface area contributed by atoms with E-state index in [9.17, 15) is 21.6 Å². The number of fused-ring (bicyclic) bond motifs is 1. The number of carbonyl (C=O) groups is 1. The van der Waals surface area contributed by atoms with Gasteiger partial charge in [-0.15, -0.1) is 0 Å². The number of carbonyl (C=O) groups excluding carboxylic acids is 1. The molecule has 1 aliphatic rings. The summed E-state index contributed by atoms with van der Waals surface area (Å²) in [5, 5.41) is 7.48. The highest BCUT2D eigenvalue weighted by Gasteiger charge is 2.36. The van der Waals surface area contributed by atoms with Gasteiger partial charge in [0.1, 0.15) is 0 Å². The van der Waals surface area contributed by atoms with Crippen LogP contribution in [-0.4, -0.2) is 38.7 Å². The van der Waals surface area contributed by atoms with Gasteiger partial charge in [0.25, 0.3) is 10.0 Å². The van der Waals surface area contributed by atoms with Gasteiger partial charge in [0.05, 0.1) is 33.7 Å². The number of aromatic nitrogens is 2. The second-order valence-corrected chi connectivity index (χ2v) is 9.62. The molecule has 2 heterocycles. The van der Waals surface area contributed by atoms with E-state index in [-0.39, 0.29) is 22.8 Å². The molecular weight excluding hydrogens is 392 g/mol. The van der Waals surface area contributed by atoms with Crippen molar-refractivity contribution in [3.8, 4) is 0 Å². The highest BCUT2D eigenvalue weighted by molar-refractivity contribution is 7.94. The second kappa shape index (κ2) is 6.06. The van der Waals surface area contributed by atoms with E-state index in [0.29, 0.717) is 15.5 Å². The Kier molecular flexibility index (Phi) is 3.93. The maximum absolute atomic E-state index is 12.6. The lowest BCUT2D eigenvalue weighted by Crippen LogP contribution is -2.29. The topological polar surface area (TPSA) is 129 Å². The lowest BCUT2D eigenvalue weighted by Gasteiger charge is -2.15. The zero-order valence-electron chi connectivity index (χ0n) is 13.8. The molecule has 1 fully saturated rings. The summed E-state index contributed by atoms with van der Waals surface area (Å²) in [5.41, 5.74) is 1.16. The number of nitrogens with one attached hydrogen (secondary N) is 2. The SMILES string of the molecule is O=C1CCS(=O)(=O)N1c1ccc(S(=O)(=O)Nc2ccc3cn[nH]c3c2)cc1. The van der Waals surface area contributed by atoms with Crippen molar-refractivity contribution in [2.24, 2.45) is 0 Å². The fourth-order valence-electron chi connectivity index (χ4n) is 2.84. The molecule has 2 aromatic carbocycles. The molecule has 27 heavy (non-hydrogen) atoms. The van der Waals surface area contributed by atoms with Crippen LogP contribution in [0.25, 0.3) is 10.9 Å². The van der Waals surface area contributed by atoms with Gasteiger partial charge in [0.2, 0.25) is 15.9 Å². The highest BCUT2D eigenvalue weighted by Crippen LogP contribution is 2.27. The minimum Gasteiger partial charge on any atom is -0.280 e.